The summed E-state index contributed by atoms with van der Waals surface area (Å²) in [6.07, 6.45) is 6.87. The lowest BCUT2D eigenvalue weighted by molar-refractivity contribution is 0.0385. The number of rotatable bonds is 1. The van der Waals surface area contributed by atoms with E-state index in [4.69, 9.17) is 0 Å². The lowest BCUT2D eigenvalue weighted by atomic mass is 9.78. The largest absolute Gasteiger partial charge is 0.507 e. The fourth-order valence-corrected chi connectivity index (χ4v) is 3.77. The molecule has 4 nitrogen and oxygen atoms in total. The van der Waals surface area contributed by atoms with Crippen LogP contribution in [-0.4, -0.2) is 33.6 Å². The summed E-state index contributed by atoms with van der Waals surface area (Å²) in [6.45, 7) is 0.730. The van der Waals surface area contributed by atoms with Gasteiger partial charge in [0.05, 0.1) is 0 Å². The molecule has 1 aromatic carbocycles. The molecule has 1 heterocycles. The number of phenols is 2. The number of benzene rings is 1. The molecule has 1 aliphatic carbocycles. The minimum atomic E-state index is -0.225. The highest BCUT2D eigenvalue weighted by Crippen LogP contribution is 2.37. The van der Waals surface area contributed by atoms with Crippen LogP contribution in [0.25, 0.3) is 0 Å². The van der Waals surface area contributed by atoms with E-state index in [1.54, 1.807) is 6.07 Å². The van der Waals surface area contributed by atoms with Crippen LogP contribution >= 0.6 is 0 Å². The number of carbonyl (C=O) groups is 1. The number of nitrogens with zero attached hydrogens (tertiary/aromatic N) is 1. The highest BCUT2D eigenvalue weighted by Gasteiger charge is 2.37. The Hall–Kier alpha value is -1.71. The second-order valence-corrected chi connectivity index (χ2v) is 5.92. The first-order valence-electron chi connectivity index (χ1n) is 7.50. The van der Waals surface area contributed by atoms with E-state index < -0.39 is 0 Å². The van der Waals surface area contributed by atoms with Gasteiger partial charge >= 0.3 is 0 Å². The summed E-state index contributed by atoms with van der Waals surface area (Å²) in [6, 6.07) is 4.73. The standard InChI is InChI=1S/C16H21NO3/c18-13-8-3-9-14(19)15(13)16(20)17-10-4-6-11-5-1-2-7-12(11)17/h3,8-9,11-12,18-19H,1-2,4-7,10H2. The van der Waals surface area contributed by atoms with E-state index in [9.17, 15) is 15.0 Å². The molecule has 2 N–H and O–H groups in total. The van der Waals surface area contributed by atoms with Gasteiger partial charge in [0.15, 0.2) is 0 Å². The summed E-state index contributed by atoms with van der Waals surface area (Å²) in [4.78, 5) is 14.6. The minimum Gasteiger partial charge on any atom is -0.507 e. The first-order chi connectivity index (χ1) is 9.68. The van der Waals surface area contributed by atoms with Gasteiger partial charge in [0, 0.05) is 12.6 Å². The molecule has 0 bridgehead atoms. The first-order valence-corrected chi connectivity index (χ1v) is 7.50. The van der Waals surface area contributed by atoms with Crippen molar-refractivity contribution in [1.29, 1.82) is 0 Å². The van der Waals surface area contributed by atoms with Crippen molar-refractivity contribution >= 4 is 5.91 Å². The number of hydrogen-bond acceptors (Lipinski definition) is 3. The Bertz CT molecular complexity index is 492. The van der Waals surface area contributed by atoms with E-state index in [0.29, 0.717) is 5.92 Å². The van der Waals surface area contributed by atoms with E-state index in [2.05, 4.69) is 0 Å². The van der Waals surface area contributed by atoms with Gasteiger partial charge in [-0.05, 0) is 43.7 Å². The van der Waals surface area contributed by atoms with Crippen molar-refractivity contribution in [3.8, 4) is 11.5 Å². The predicted molar refractivity (Wildman–Crippen MR) is 75.8 cm³/mol. The van der Waals surface area contributed by atoms with Gasteiger partial charge in [-0.25, -0.2) is 0 Å². The van der Waals surface area contributed by atoms with Crippen molar-refractivity contribution in [2.45, 2.75) is 44.6 Å². The maximum atomic E-state index is 12.7. The van der Waals surface area contributed by atoms with E-state index >= 15 is 0 Å². The zero-order chi connectivity index (χ0) is 14.1. The third-order valence-corrected chi connectivity index (χ3v) is 4.74. The van der Waals surface area contributed by atoms with Crippen molar-refractivity contribution in [3.63, 3.8) is 0 Å². The van der Waals surface area contributed by atoms with Crippen LogP contribution in [0, 0.1) is 5.92 Å². The van der Waals surface area contributed by atoms with Gasteiger partial charge in [0.2, 0.25) is 0 Å². The lowest BCUT2D eigenvalue weighted by Crippen LogP contribution is -2.49. The van der Waals surface area contributed by atoms with Crippen molar-refractivity contribution in [2.24, 2.45) is 5.92 Å². The number of carbonyl (C=O) groups excluding carboxylic acids is 1. The Morgan fingerprint density at radius 3 is 2.45 bits per heavy atom. The Morgan fingerprint density at radius 1 is 1.05 bits per heavy atom. The molecule has 4 heteroatoms. The summed E-state index contributed by atoms with van der Waals surface area (Å²) in [5.41, 5.74) is 0.0544. The minimum absolute atomic E-state index is 0.0544. The number of aromatic hydroxyl groups is 2. The first kappa shape index (κ1) is 13.3. The van der Waals surface area contributed by atoms with Gasteiger partial charge in [-0.3, -0.25) is 4.79 Å². The molecule has 2 fully saturated rings. The number of likely N-dealkylation sites (tertiary alicyclic amines) is 1. The Morgan fingerprint density at radius 2 is 1.70 bits per heavy atom. The number of fused-ring (bicyclic) bond motifs is 1. The molecule has 0 spiro atoms. The van der Waals surface area contributed by atoms with Gasteiger partial charge in [-0.2, -0.15) is 0 Å². The molecule has 0 radical (unpaired) electrons. The highest BCUT2D eigenvalue weighted by molar-refractivity contribution is 5.99. The van der Waals surface area contributed by atoms with Gasteiger partial charge in [-0.1, -0.05) is 18.9 Å². The zero-order valence-electron chi connectivity index (χ0n) is 11.6. The molecular formula is C16H21NO3. The maximum absolute atomic E-state index is 12.7. The number of piperidine rings is 1. The quantitative estimate of drug-likeness (QED) is 0.828. The zero-order valence-corrected chi connectivity index (χ0v) is 11.6. The molecule has 108 valence electrons. The monoisotopic (exact) mass is 275 g/mol. The third-order valence-electron chi connectivity index (χ3n) is 4.74. The maximum Gasteiger partial charge on any atom is 0.261 e. The summed E-state index contributed by atoms with van der Waals surface area (Å²) in [5.74, 6) is 0.104. The third kappa shape index (κ3) is 2.23. The van der Waals surface area contributed by atoms with Crippen molar-refractivity contribution in [2.75, 3.05) is 6.54 Å². The molecular weight excluding hydrogens is 254 g/mol. The van der Waals surface area contributed by atoms with E-state index in [1.165, 1.54) is 31.4 Å². The normalized spacial score (nSPS) is 26.1. The molecule has 1 amide bonds. The highest BCUT2D eigenvalue weighted by atomic mass is 16.3. The summed E-state index contributed by atoms with van der Waals surface area (Å²) >= 11 is 0. The molecule has 20 heavy (non-hydrogen) atoms. The van der Waals surface area contributed by atoms with E-state index in [1.807, 2.05) is 4.90 Å². The molecule has 3 rings (SSSR count). The van der Waals surface area contributed by atoms with Crippen molar-refractivity contribution in [3.05, 3.63) is 23.8 Å². The average Bonchev–Trinajstić information content (AvgIpc) is 2.46. The van der Waals surface area contributed by atoms with Crippen molar-refractivity contribution < 1.29 is 15.0 Å². The smallest absolute Gasteiger partial charge is 0.261 e. The summed E-state index contributed by atoms with van der Waals surface area (Å²) in [5, 5.41) is 19.8. The second-order valence-electron chi connectivity index (χ2n) is 5.92. The fourth-order valence-electron chi connectivity index (χ4n) is 3.77. The van der Waals surface area contributed by atoms with Gasteiger partial charge < -0.3 is 15.1 Å². The van der Waals surface area contributed by atoms with E-state index in [-0.39, 0.29) is 29.0 Å². The van der Waals surface area contributed by atoms with E-state index in [0.717, 1.165) is 25.8 Å². The van der Waals surface area contributed by atoms with Crippen LogP contribution in [0.4, 0.5) is 0 Å². The SMILES string of the molecule is O=C(c1c(O)cccc1O)N1CCCC2CCCCC21. The van der Waals surface area contributed by atoms with Crippen LogP contribution in [-0.2, 0) is 0 Å². The Labute approximate surface area is 119 Å². The van der Waals surface area contributed by atoms with Crippen molar-refractivity contribution in [1.82, 2.24) is 4.90 Å². The topological polar surface area (TPSA) is 60.8 Å². The van der Waals surface area contributed by atoms with Crippen LogP contribution in [0.1, 0.15) is 48.9 Å². The van der Waals surface area contributed by atoms with Gasteiger partial charge in [0.25, 0.3) is 5.91 Å². The molecule has 1 saturated heterocycles. The van der Waals surface area contributed by atoms with Crippen LogP contribution in [0.3, 0.4) is 0 Å². The van der Waals surface area contributed by atoms with Crippen LogP contribution < -0.4 is 0 Å². The number of phenolic OH excluding ortho intramolecular Hbond substituents is 2. The molecule has 2 unspecified atom stereocenters. The predicted octanol–water partition coefficient (Wildman–Crippen LogP) is 2.89. The Kier molecular flexibility index (Phi) is 3.55. The molecule has 2 atom stereocenters. The lowest BCUT2D eigenvalue weighted by Gasteiger charge is -2.44. The van der Waals surface area contributed by atoms with Crippen LogP contribution in [0.5, 0.6) is 11.5 Å². The molecule has 1 saturated carbocycles. The Balaban J connectivity index is 1.89. The fraction of sp³-hybridized carbons (Fsp3) is 0.562. The molecule has 1 aromatic rings. The average molecular weight is 275 g/mol. The van der Waals surface area contributed by atoms with Gasteiger partial charge in [0.1, 0.15) is 17.1 Å². The van der Waals surface area contributed by atoms with Crippen LogP contribution in [0.15, 0.2) is 18.2 Å². The molecule has 2 aliphatic rings. The molecule has 1 aliphatic heterocycles. The van der Waals surface area contributed by atoms with Crippen LogP contribution in [0.2, 0.25) is 0 Å². The van der Waals surface area contributed by atoms with Gasteiger partial charge in [-0.15, -0.1) is 0 Å². The summed E-state index contributed by atoms with van der Waals surface area (Å²) in [7, 11) is 0. The second kappa shape index (κ2) is 5.35. The summed E-state index contributed by atoms with van der Waals surface area (Å²) < 4.78 is 0. The number of hydrogen-bond donors (Lipinski definition) is 2. The molecule has 0 aromatic heterocycles. The number of amides is 1.